The summed E-state index contributed by atoms with van der Waals surface area (Å²) in [6.07, 6.45) is -0.140. The molecule has 0 aliphatic heterocycles. The van der Waals surface area contributed by atoms with Gasteiger partial charge < -0.3 is 19.4 Å². The Morgan fingerprint density at radius 3 is 2.43 bits per heavy atom. The van der Waals surface area contributed by atoms with Crippen LogP contribution in [0, 0.1) is 0 Å². The SMILES string of the molecule is CCOc1cc(CC(=O)[O-])ccc1OCc1ccccc1. The number of hydrogen-bond donors (Lipinski definition) is 0. The summed E-state index contributed by atoms with van der Waals surface area (Å²) in [5, 5.41) is 10.7. The number of carboxylic acids is 1. The molecule has 0 radical (unpaired) electrons. The van der Waals surface area contributed by atoms with Crippen LogP contribution in [0.2, 0.25) is 0 Å². The molecule has 0 amide bonds. The van der Waals surface area contributed by atoms with Crippen LogP contribution in [-0.2, 0) is 17.8 Å². The summed E-state index contributed by atoms with van der Waals surface area (Å²) in [5.41, 5.74) is 1.68. The van der Waals surface area contributed by atoms with E-state index >= 15 is 0 Å². The predicted molar refractivity (Wildman–Crippen MR) is 77.1 cm³/mol. The van der Waals surface area contributed by atoms with Crippen molar-refractivity contribution in [1.29, 1.82) is 0 Å². The van der Waals surface area contributed by atoms with E-state index in [2.05, 4.69) is 0 Å². The smallest absolute Gasteiger partial charge is 0.161 e. The maximum atomic E-state index is 10.7. The van der Waals surface area contributed by atoms with E-state index in [1.54, 1.807) is 18.2 Å². The van der Waals surface area contributed by atoms with Crippen molar-refractivity contribution in [2.75, 3.05) is 6.61 Å². The van der Waals surface area contributed by atoms with Crippen LogP contribution in [0.4, 0.5) is 0 Å². The lowest BCUT2D eigenvalue weighted by atomic mass is 10.1. The summed E-state index contributed by atoms with van der Waals surface area (Å²) in [7, 11) is 0. The van der Waals surface area contributed by atoms with Crippen molar-refractivity contribution < 1.29 is 19.4 Å². The zero-order valence-corrected chi connectivity index (χ0v) is 11.9. The van der Waals surface area contributed by atoms with Crippen molar-refractivity contribution in [3.8, 4) is 11.5 Å². The molecule has 0 aliphatic carbocycles. The Kier molecular flexibility index (Phi) is 5.21. The first-order valence-corrected chi connectivity index (χ1v) is 6.81. The molecular formula is C17H17O4-. The lowest BCUT2D eigenvalue weighted by molar-refractivity contribution is -0.304. The fourth-order valence-electron chi connectivity index (χ4n) is 1.95. The zero-order chi connectivity index (χ0) is 15.1. The first-order chi connectivity index (χ1) is 10.2. The molecule has 0 heterocycles. The molecule has 2 aromatic carbocycles. The number of carbonyl (C=O) groups excluding carboxylic acids is 1. The van der Waals surface area contributed by atoms with Gasteiger partial charge in [-0.1, -0.05) is 36.4 Å². The number of carbonyl (C=O) groups is 1. The van der Waals surface area contributed by atoms with Crippen molar-refractivity contribution in [2.45, 2.75) is 20.0 Å². The van der Waals surface area contributed by atoms with Crippen LogP contribution in [0.5, 0.6) is 11.5 Å². The fourth-order valence-corrected chi connectivity index (χ4v) is 1.95. The normalized spacial score (nSPS) is 10.1. The summed E-state index contributed by atoms with van der Waals surface area (Å²) in [4.78, 5) is 10.7. The molecule has 0 aromatic heterocycles. The van der Waals surface area contributed by atoms with E-state index in [0.717, 1.165) is 5.56 Å². The quantitative estimate of drug-likeness (QED) is 0.780. The molecule has 0 fully saturated rings. The second kappa shape index (κ2) is 7.33. The summed E-state index contributed by atoms with van der Waals surface area (Å²) in [5.74, 6) is 0.0328. The lowest BCUT2D eigenvalue weighted by Gasteiger charge is -2.13. The van der Waals surface area contributed by atoms with Gasteiger partial charge in [0.1, 0.15) is 6.61 Å². The molecular weight excluding hydrogens is 268 g/mol. The van der Waals surface area contributed by atoms with Crippen LogP contribution in [0.25, 0.3) is 0 Å². The van der Waals surface area contributed by atoms with E-state index in [1.165, 1.54) is 0 Å². The minimum atomic E-state index is -1.12. The molecule has 2 rings (SSSR count). The molecule has 0 bridgehead atoms. The maximum Gasteiger partial charge on any atom is 0.161 e. The minimum Gasteiger partial charge on any atom is -0.550 e. The summed E-state index contributed by atoms with van der Waals surface area (Å²) < 4.78 is 11.3. The third kappa shape index (κ3) is 4.53. The number of ether oxygens (including phenoxy) is 2. The molecule has 0 spiro atoms. The standard InChI is InChI=1S/C17H18O4/c1-2-20-16-10-14(11-17(18)19)8-9-15(16)21-12-13-6-4-3-5-7-13/h3-10H,2,11-12H2,1H3,(H,18,19)/p-1. The van der Waals surface area contributed by atoms with E-state index in [0.29, 0.717) is 30.3 Å². The van der Waals surface area contributed by atoms with Gasteiger partial charge in [0.05, 0.1) is 6.61 Å². The van der Waals surface area contributed by atoms with Crippen molar-refractivity contribution >= 4 is 5.97 Å². The monoisotopic (exact) mass is 285 g/mol. The molecule has 0 unspecified atom stereocenters. The average Bonchev–Trinajstić information content (AvgIpc) is 2.47. The van der Waals surface area contributed by atoms with Gasteiger partial charge in [-0.25, -0.2) is 0 Å². The average molecular weight is 285 g/mol. The Balaban J connectivity index is 2.12. The number of aliphatic carboxylic acids is 1. The minimum absolute atomic E-state index is 0.140. The molecule has 0 saturated heterocycles. The largest absolute Gasteiger partial charge is 0.550 e. The topological polar surface area (TPSA) is 58.6 Å². The number of hydrogen-bond acceptors (Lipinski definition) is 4. The van der Waals surface area contributed by atoms with E-state index in [1.807, 2.05) is 37.3 Å². The highest BCUT2D eigenvalue weighted by Gasteiger charge is 2.07. The van der Waals surface area contributed by atoms with Gasteiger partial charge in [0, 0.05) is 12.4 Å². The van der Waals surface area contributed by atoms with Crippen LogP contribution in [0.1, 0.15) is 18.1 Å². The van der Waals surface area contributed by atoms with E-state index < -0.39 is 5.97 Å². The first-order valence-electron chi connectivity index (χ1n) is 6.81. The van der Waals surface area contributed by atoms with Crippen molar-refractivity contribution in [3.63, 3.8) is 0 Å². The molecule has 21 heavy (non-hydrogen) atoms. The lowest BCUT2D eigenvalue weighted by Crippen LogP contribution is -2.24. The number of carboxylic acid groups (broad SMARTS) is 1. The van der Waals surface area contributed by atoms with E-state index in [4.69, 9.17) is 9.47 Å². The van der Waals surface area contributed by atoms with E-state index in [9.17, 15) is 9.90 Å². The van der Waals surface area contributed by atoms with E-state index in [-0.39, 0.29) is 6.42 Å². The highest BCUT2D eigenvalue weighted by molar-refractivity contribution is 5.68. The highest BCUT2D eigenvalue weighted by atomic mass is 16.5. The molecule has 0 N–H and O–H groups in total. The predicted octanol–water partition coefficient (Wildman–Crippen LogP) is 1.96. The van der Waals surface area contributed by atoms with Crippen molar-refractivity contribution in [2.24, 2.45) is 0 Å². The Morgan fingerprint density at radius 1 is 1.00 bits per heavy atom. The molecule has 2 aromatic rings. The van der Waals surface area contributed by atoms with Crippen LogP contribution in [0.3, 0.4) is 0 Å². The Labute approximate surface area is 123 Å². The van der Waals surface area contributed by atoms with Gasteiger partial charge in [0.25, 0.3) is 0 Å². The molecule has 0 aliphatic rings. The third-order valence-electron chi connectivity index (χ3n) is 2.89. The van der Waals surface area contributed by atoms with Gasteiger partial charge in [0.2, 0.25) is 0 Å². The summed E-state index contributed by atoms with van der Waals surface area (Å²) in [6.45, 7) is 2.78. The second-order valence-corrected chi connectivity index (χ2v) is 4.54. The molecule has 4 heteroatoms. The van der Waals surface area contributed by atoms with Crippen LogP contribution in [-0.4, -0.2) is 12.6 Å². The van der Waals surface area contributed by atoms with Crippen LogP contribution >= 0.6 is 0 Å². The van der Waals surface area contributed by atoms with Gasteiger partial charge >= 0.3 is 0 Å². The number of rotatable bonds is 7. The highest BCUT2D eigenvalue weighted by Crippen LogP contribution is 2.29. The Morgan fingerprint density at radius 2 is 1.76 bits per heavy atom. The number of benzene rings is 2. The molecule has 110 valence electrons. The first kappa shape index (κ1) is 14.9. The maximum absolute atomic E-state index is 10.7. The van der Waals surface area contributed by atoms with Crippen molar-refractivity contribution in [3.05, 3.63) is 59.7 Å². The van der Waals surface area contributed by atoms with Gasteiger partial charge in [-0.3, -0.25) is 0 Å². The van der Waals surface area contributed by atoms with Gasteiger partial charge in [-0.15, -0.1) is 0 Å². The molecule has 0 saturated carbocycles. The Hall–Kier alpha value is -2.49. The second-order valence-electron chi connectivity index (χ2n) is 4.54. The molecule has 4 nitrogen and oxygen atoms in total. The van der Waals surface area contributed by atoms with Crippen LogP contribution in [0.15, 0.2) is 48.5 Å². The summed E-state index contributed by atoms with van der Waals surface area (Å²) >= 11 is 0. The Bertz CT molecular complexity index is 593. The third-order valence-corrected chi connectivity index (χ3v) is 2.89. The van der Waals surface area contributed by atoms with Gasteiger partial charge in [0.15, 0.2) is 11.5 Å². The van der Waals surface area contributed by atoms with Gasteiger partial charge in [-0.05, 0) is 30.2 Å². The summed E-state index contributed by atoms with van der Waals surface area (Å²) in [6, 6.07) is 14.9. The van der Waals surface area contributed by atoms with Crippen molar-refractivity contribution in [1.82, 2.24) is 0 Å². The molecule has 0 atom stereocenters. The fraction of sp³-hybridized carbons (Fsp3) is 0.235. The zero-order valence-electron chi connectivity index (χ0n) is 11.9. The van der Waals surface area contributed by atoms with Gasteiger partial charge in [-0.2, -0.15) is 0 Å². The van der Waals surface area contributed by atoms with Crippen LogP contribution < -0.4 is 14.6 Å².